The molecule has 0 aliphatic carbocycles. The summed E-state index contributed by atoms with van der Waals surface area (Å²) in [6.07, 6.45) is 0. The van der Waals surface area contributed by atoms with Gasteiger partial charge in [-0.05, 0) is 47.5 Å². The topological polar surface area (TPSA) is 25.8 Å². The molecule has 3 aromatic heterocycles. The number of benzene rings is 6. The zero-order valence-corrected chi connectivity index (χ0v) is 25.2. The Morgan fingerprint density at radius 2 is 0.818 bits per heavy atom. The van der Waals surface area contributed by atoms with Crippen LogP contribution >= 0.6 is 22.7 Å². The van der Waals surface area contributed by atoms with E-state index in [4.69, 9.17) is 9.97 Å². The van der Waals surface area contributed by atoms with Gasteiger partial charge in [0.1, 0.15) is 0 Å². The lowest BCUT2D eigenvalue weighted by Crippen LogP contribution is -1.96. The maximum Gasteiger partial charge on any atom is 0.160 e. The van der Waals surface area contributed by atoms with Crippen molar-refractivity contribution < 1.29 is 0 Å². The van der Waals surface area contributed by atoms with Crippen LogP contribution < -0.4 is 0 Å². The molecule has 0 amide bonds. The van der Waals surface area contributed by atoms with Gasteiger partial charge in [0.15, 0.2) is 5.82 Å². The molecule has 9 rings (SSSR count). The van der Waals surface area contributed by atoms with Crippen molar-refractivity contribution in [3.8, 4) is 45.0 Å². The summed E-state index contributed by atoms with van der Waals surface area (Å²) in [5, 5.41) is 5.16. The lowest BCUT2D eigenvalue weighted by atomic mass is 10.0. The van der Waals surface area contributed by atoms with Crippen molar-refractivity contribution in [1.29, 1.82) is 0 Å². The number of nitrogens with zero attached hydrogens (tertiary/aromatic N) is 2. The second kappa shape index (κ2) is 10.2. The first-order valence-corrected chi connectivity index (χ1v) is 16.3. The summed E-state index contributed by atoms with van der Waals surface area (Å²) >= 11 is 3.65. The van der Waals surface area contributed by atoms with E-state index >= 15 is 0 Å². The summed E-state index contributed by atoms with van der Waals surface area (Å²) in [6, 6.07) is 51.9. The minimum atomic E-state index is 0.735. The Labute approximate surface area is 262 Å². The Morgan fingerprint density at radius 3 is 1.50 bits per heavy atom. The molecule has 9 aromatic rings. The third-order valence-corrected chi connectivity index (χ3v) is 10.6. The predicted molar refractivity (Wildman–Crippen MR) is 190 cm³/mol. The van der Waals surface area contributed by atoms with Gasteiger partial charge in [-0.25, -0.2) is 9.97 Å². The van der Waals surface area contributed by atoms with E-state index in [0.717, 1.165) is 33.9 Å². The Bertz CT molecular complexity index is 2370. The highest BCUT2D eigenvalue weighted by Crippen LogP contribution is 2.39. The van der Waals surface area contributed by atoms with Crippen molar-refractivity contribution in [3.05, 3.63) is 146 Å². The van der Waals surface area contributed by atoms with E-state index in [2.05, 4.69) is 146 Å². The largest absolute Gasteiger partial charge is 0.228 e. The van der Waals surface area contributed by atoms with Gasteiger partial charge in [-0.3, -0.25) is 0 Å². The fourth-order valence-electron chi connectivity index (χ4n) is 6.11. The highest BCUT2D eigenvalue weighted by atomic mass is 32.1. The van der Waals surface area contributed by atoms with Crippen LogP contribution in [0.5, 0.6) is 0 Å². The van der Waals surface area contributed by atoms with Crippen LogP contribution in [0.25, 0.3) is 85.4 Å². The maximum absolute atomic E-state index is 5.20. The quantitative estimate of drug-likeness (QED) is 0.202. The van der Waals surface area contributed by atoms with Crippen molar-refractivity contribution >= 4 is 63.0 Å². The maximum atomic E-state index is 5.20. The molecule has 0 atom stereocenters. The Kier molecular flexibility index (Phi) is 5.90. The monoisotopic (exact) mass is 596 g/mol. The minimum absolute atomic E-state index is 0.735. The SMILES string of the molecule is c1ccc(-c2cccc(-c3cc(-c4ccc5c(c4)sc4ccccc45)nc(-c4ccc5c(c4)sc4ccccc45)n3)c2)cc1. The van der Waals surface area contributed by atoms with Gasteiger partial charge in [0.05, 0.1) is 11.4 Å². The number of hydrogen-bond acceptors (Lipinski definition) is 4. The second-order valence-corrected chi connectivity index (χ2v) is 13.2. The van der Waals surface area contributed by atoms with Gasteiger partial charge in [0.25, 0.3) is 0 Å². The summed E-state index contributed by atoms with van der Waals surface area (Å²) in [5.74, 6) is 0.735. The molecule has 0 saturated heterocycles. The van der Waals surface area contributed by atoms with E-state index in [1.54, 1.807) is 0 Å². The van der Waals surface area contributed by atoms with Gasteiger partial charge in [-0.15, -0.1) is 22.7 Å². The van der Waals surface area contributed by atoms with Crippen molar-refractivity contribution in [2.75, 3.05) is 0 Å². The van der Waals surface area contributed by atoms with Gasteiger partial charge in [0, 0.05) is 57.0 Å². The smallest absolute Gasteiger partial charge is 0.160 e. The van der Waals surface area contributed by atoms with E-state index in [9.17, 15) is 0 Å². The average molecular weight is 597 g/mol. The van der Waals surface area contributed by atoms with Crippen molar-refractivity contribution in [2.45, 2.75) is 0 Å². The summed E-state index contributed by atoms with van der Waals surface area (Å²) in [4.78, 5) is 10.4. The van der Waals surface area contributed by atoms with E-state index < -0.39 is 0 Å². The number of thiophene rings is 2. The molecule has 0 bridgehead atoms. The molecule has 3 heterocycles. The van der Waals surface area contributed by atoms with Crippen molar-refractivity contribution in [2.24, 2.45) is 0 Å². The van der Waals surface area contributed by atoms with Crippen LogP contribution in [-0.2, 0) is 0 Å². The highest BCUT2D eigenvalue weighted by Gasteiger charge is 2.15. The number of fused-ring (bicyclic) bond motifs is 6. The third kappa shape index (κ3) is 4.31. The number of aromatic nitrogens is 2. The van der Waals surface area contributed by atoms with E-state index in [0.29, 0.717) is 0 Å². The normalized spacial score (nSPS) is 11.6. The first-order valence-electron chi connectivity index (χ1n) is 14.7. The first-order chi connectivity index (χ1) is 21.8. The molecule has 0 saturated carbocycles. The average Bonchev–Trinajstić information content (AvgIpc) is 3.66. The summed E-state index contributed by atoms with van der Waals surface area (Å²) in [6.45, 7) is 0. The molecule has 0 aliphatic rings. The molecule has 0 aliphatic heterocycles. The number of rotatable bonds is 4. The molecule has 206 valence electrons. The molecule has 2 nitrogen and oxygen atoms in total. The summed E-state index contributed by atoms with van der Waals surface area (Å²) in [7, 11) is 0. The molecule has 4 heteroatoms. The molecule has 6 aromatic carbocycles. The van der Waals surface area contributed by atoms with Crippen LogP contribution in [0.2, 0.25) is 0 Å². The van der Waals surface area contributed by atoms with Crippen LogP contribution in [0.15, 0.2) is 146 Å². The van der Waals surface area contributed by atoms with Crippen molar-refractivity contribution in [1.82, 2.24) is 9.97 Å². The molecule has 0 radical (unpaired) electrons. The van der Waals surface area contributed by atoms with E-state index in [-0.39, 0.29) is 0 Å². The molecule has 0 N–H and O–H groups in total. The standard InChI is InChI=1S/C40H24N2S2/c1-2-9-25(10-3-1)26-11-8-12-27(21-26)34-24-35(28-17-19-32-30-13-4-6-15-36(30)43-38(32)22-28)42-40(41-34)29-18-20-33-31-14-5-7-16-37(31)44-39(33)23-29/h1-24H. The van der Waals surface area contributed by atoms with Gasteiger partial charge >= 0.3 is 0 Å². The van der Waals surface area contributed by atoms with Gasteiger partial charge in [0.2, 0.25) is 0 Å². The fourth-order valence-corrected chi connectivity index (χ4v) is 8.40. The number of hydrogen-bond donors (Lipinski definition) is 0. The van der Waals surface area contributed by atoms with Crippen LogP contribution in [0.4, 0.5) is 0 Å². The van der Waals surface area contributed by atoms with Crippen molar-refractivity contribution in [3.63, 3.8) is 0 Å². The Hall–Kier alpha value is -5.16. The zero-order chi connectivity index (χ0) is 29.0. The highest BCUT2D eigenvalue weighted by molar-refractivity contribution is 7.26. The summed E-state index contributed by atoms with van der Waals surface area (Å²) < 4.78 is 5.11. The van der Waals surface area contributed by atoms with Gasteiger partial charge in [-0.1, -0.05) is 109 Å². The van der Waals surface area contributed by atoms with Crippen LogP contribution in [-0.4, -0.2) is 9.97 Å². The van der Waals surface area contributed by atoms with E-state index in [1.807, 2.05) is 22.7 Å². The molecule has 0 fully saturated rings. The van der Waals surface area contributed by atoms with Crippen LogP contribution in [0, 0.1) is 0 Å². The molecule has 44 heavy (non-hydrogen) atoms. The lowest BCUT2D eigenvalue weighted by molar-refractivity contribution is 1.19. The molecule has 0 spiro atoms. The van der Waals surface area contributed by atoms with E-state index in [1.165, 1.54) is 51.5 Å². The summed E-state index contributed by atoms with van der Waals surface area (Å²) in [5.41, 5.74) is 7.38. The first kappa shape index (κ1) is 25.3. The predicted octanol–water partition coefficient (Wildman–Crippen LogP) is 11.9. The Balaban J connectivity index is 1.24. The minimum Gasteiger partial charge on any atom is -0.228 e. The van der Waals surface area contributed by atoms with Gasteiger partial charge in [-0.2, -0.15) is 0 Å². The molecular formula is C40H24N2S2. The zero-order valence-electron chi connectivity index (χ0n) is 23.6. The molecule has 0 unspecified atom stereocenters. The second-order valence-electron chi connectivity index (χ2n) is 11.0. The fraction of sp³-hybridized carbons (Fsp3) is 0. The molecular weight excluding hydrogens is 573 g/mol. The van der Waals surface area contributed by atoms with Crippen LogP contribution in [0.1, 0.15) is 0 Å². The van der Waals surface area contributed by atoms with Gasteiger partial charge < -0.3 is 0 Å². The third-order valence-electron chi connectivity index (χ3n) is 8.30. The lowest BCUT2D eigenvalue weighted by Gasteiger charge is -2.11. The Morgan fingerprint density at radius 1 is 0.318 bits per heavy atom. The van der Waals surface area contributed by atoms with Crippen LogP contribution in [0.3, 0.4) is 0 Å².